The van der Waals surface area contributed by atoms with E-state index in [0.717, 1.165) is 31.6 Å². The van der Waals surface area contributed by atoms with Gasteiger partial charge in [-0.3, -0.25) is 0 Å². The molecule has 0 radical (unpaired) electrons. The van der Waals surface area contributed by atoms with Crippen molar-refractivity contribution in [3.8, 4) is 0 Å². The van der Waals surface area contributed by atoms with Crippen LogP contribution in [-0.2, 0) is 22.3 Å². The van der Waals surface area contributed by atoms with Crippen molar-refractivity contribution in [2.24, 2.45) is 10.3 Å². The normalized spacial score (nSPS) is 22.2. The Kier molecular flexibility index (Phi) is 6.97. The molecule has 1 saturated carbocycles. The topological polar surface area (TPSA) is 38.7 Å². The first-order chi connectivity index (χ1) is 11.0. The van der Waals surface area contributed by atoms with Crippen molar-refractivity contribution in [3.63, 3.8) is 0 Å². The molecule has 4 heteroatoms. The Labute approximate surface area is 143 Å². The summed E-state index contributed by atoms with van der Waals surface area (Å²) in [5.74, 6) is 0.436. The van der Waals surface area contributed by atoms with E-state index in [0.29, 0.717) is 12.5 Å². The summed E-state index contributed by atoms with van der Waals surface area (Å²) in [6, 6.07) is 10.3. The Hall–Kier alpha value is -1.00. The Balaban J connectivity index is 1.84. The Morgan fingerprint density at radius 1 is 1.22 bits per heavy atom. The van der Waals surface area contributed by atoms with Crippen LogP contribution in [0.5, 0.6) is 0 Å². The van der Waals surface area contributed by atoms with Gasteiger partial charge in [0.25, 0.3) is 0 Å². The van der Waals surface area contributed by atoms with Crippen LogP contribution in [0.25, 0.3) is 0 Å². The van der Waals surface area contributed by atoms with E-state index < -0.39 is 11.0 Å². The minimum Gasteiger partial charge on any atom is -0.377 e. The molecule has 2 rings (SSSR count). The maximum atomic E-state index is 12.3. The van der Waals surface area contributed by atoms with Crippen LogP contribution >= 0.6 is 0 Å². The zero-order valence-electron chi connectivity index (χ0n) is 14.6. The SMILES string of the molecule is CC(C)(C)[S@@](=O)/N=C1\CCCC[C@H]1CCOCc1ccccc1. The summed E-state index contributed by atoms with van der Waals surface area (Å²) in [5, 5.41) is 0. The molecule has 3 nitrogen and oxygen atoms in total. The van der Waals surface area contributed by atoms with Gasteiger partial charge in [0.15, 0.2) is 0 Å². The molecule has 0 aromatic heterocycles. The molecule has 0 N–H and O–H groups in total. The number of rotatable bonds is 6. The van der Waals surface area contributed by atoms with Gasteiger partial charge in [0.1, 0.15) is 11.0 Å². The Morgan fingerprint density at radius 2 is 1.96 bits per heavy atom. The fourth-order valence-corrected chi connectivity index (χ4v) is 3.46. The van der Waals surface area contributed by atoms with Crippen LogP contribution < -0.4 is 0 Å². The molecule has 1 aliphatic rings. The Bertz CT molecular complexity index is 534. The van der Waals surface area contributed by atoms with Gasteiger partial charge in [-0.05, 0) is 52.0 Å². The summed E-state index contributed by atoms with van der Waals surface area (Å²) in [4.78, 5) is 0. The highest BCUT2D eigenvalue weighted by molar-refractivity contribution is 7.85. The minimum atomic E-state index is -1.15. The maximum Gasteiger partial charge on any atom is 0.144 e. The van der Waals surface area contributed by atoms with Crippen molar-refractivity contribution in [2.45, 2.75) is 64.2 Å². The molecule has 1 fully saturated rings. The van der Waals surface area contributed by atoms with Crippen LogP contribution in [0.2, 0.25) is 0 Å². The van der Waals surface area contributed by atoms with Gasteiger partial charge in [0.05, 0.1) is 11.4 Å². The molecule has 0 bridgehead atoms. The summed E-state index contributed by atoms with van der Waals surface area (Å²) >= 11 is 0. The average Bonchev–Trinajstić information content (AvgIpc) is 2.53. The molecule has 0 amide bonds. The van der Waals surface area contributed by atoms with E-state index in [1.807, 2.05) is 39.0 Å². The number of nitrogens with zero attached hydrogens (tertiary/aromatic N) is 1. The van der Waals surface area contributed by atoms with Crippen LogP contribution in [0.4, 0.5) is 0 Å². The number of hydrogen-bond acceptors (Lipinski definition) is 2. The smallest absolute Gasteiger partial charge is 0.144 e. The highest BCUT2D eigenvalue weighted by Crippen LogP contribution is 2.26. The molecular formula is C19H29NO2S. The van der Waals surface area contributed by atoms with Crippen molar-refractivity contribution in [3.05, 3.63) is 35.9 Å². The number of benzene rings is 1. The lowest BCUT2D eigenvalue weighted by Crippen LogP contribution is -2.26. The van der Waals surface area contributed by atoms with E-state index in [1.54, 1.807) is 0 Å². The average molecular weight is 336 g/mol. The van der Waals surface area contributed by atoms with Gasteiger partial charge in [0.2, 0.25) is 0 Å². The summed E-state index contributed by atoms with van der Waals surface area (Å²) < 4.78 is 22.4. The second kappa shape index (κ2) is 8.74. The van der Waals surface area contributed by atoms with Gasteiger partial charge in [-0.1, -0.05) is 36.8 Å². The van der Waals surface area contributed by atoms with E-state index in [2.05, 4.69) is 16.5 Å². The van der Waals surface area contributed by atoms with Crippen LogP contribution in [0.1, 0.15) is 58.4 Å². The third-order valence-corrected chi connectivity index (χ3v) is 5.60. The maximum absolute atomic E-state index is 12.3. The molecule has 1 aliphatic carbocycles. The fourth-order valence-electron chi connectivity index (χ4n) is 2.73. The second-order valence-electron chi connectivity index (χ2n) is 7.21. The molecule has 128 valence electrons. The van der Waals surface area contributed by atoms with Crippen molar-refractivity contribution < 1.29 is 8.95 Å². The lowest BCUT2D eigenvalue weighted by atomic mass is 9.85. The first-order valence-corrected chi connectivity index (χ1v) is 9.68. The fraction of sp³-hybridized carbons (Fsp3) is 0.632. The molecule has 1 aromatic rings. The summed E-state index contributed by atoms with van der Waals surface area (Å²) in [6.07, 6.45) is 5.53. The first-order valence-electron chi connectivity index (χ1n) is 8.58. The highest BCUT2D eigenvalue weighted by atomic mass is 32.2. The quantitative estimate of drug-likeness (QED) is 0.708. The second-order valence-corrected chi connectivity index (χ2v) is 9.12. The van der Waals surface area contributed by atoms with Crippen LogP contribution in [-0.4, -0.2) is 21.3 Å². The summed E-state index contributed by atoms with van der Waals surface area (Å²) in [6.45, 7) is 7.34. The van der Waals surface area contributed by atoms with Gasteiger partial charge in [0, 0.05) is 18.2 Å². The highest BCUT2D eigenvalue weighted by Gasteiger charge is 2.24. The molecule has 23 heavy (non-hydrogen) atoms. The van der Waals surface area contributed by atoms with Crippen molar-refractivity contribution >= 4 is 16.7 Å². The molecule has 0 spiro atoms. The van der Waals surface area contributed by atoms with E-state index in [9.17, 15) is 4.21 Å². The van der Waals surface area contributed by atoms with Gasteiger partial charge >= 0.3 is 0 Å². The van der Waals surface area contributed by atoms with Gasteiger partial charge in [-0.25, -0.2) is 4.21 Å². The monoisotopic (exact) mass is 335 g/mol. The van der Waals surface area contributed by atoms with Crippen molar-refractivity contribution in [2.75, 3.05) is 6.61 Å². The molecule has 0 unspecified atom stereocenters. The van der Waals surface area contributed by atoms with Gasteiger partial charge in [-0.15, -0.1) is 0 Å². The van der Waals surface area contributed by atoms with Crippen LogP contribution in [0.3, 0.4) is 0 Å². The summed E-state index contributed by atoms with van der Waals surface area (Å²) in [7, 11) is -1.15. The molecule has 0 saturated heterocycles. The lowest BCUT2D eigenvalue weighted by Gasteiger charge is -2.25. The predicted molar refractivity (Wildman–Crippen MR) is 98.0 cm³/mol. The Morgan fingerprint density at radius 3 is 2.65 bits per heavy atom. The van der Waals surface area contributed by atoms with E-state index in [1.165, 1.54) is 18.4 Å². The van der Waals surface area contributed by atoms with Gasteiger partial charge in [-0.2, -0.15) is 4.40 Å². The molecule has 0 aliphatic heterocycles. The van der Waals surface area contributed by atoms with Crippen molar-refractivity contribution in [1.82, 2.24) is 0 Å². The largest absolute Gasteiger partial charge is 0.377 e. The molecule has 2 atom stereocenters. The third kappa shape index (κ3) is 6.19. The molecule has 0 heterocycles. The summed E-state index contributed by atoms with van der Waals surface area (Å²) in [5.41, 5.74) is 2.35. The first kappa shape index (κ1) is 18.3. The zero-order chi connectivity index (χ0) is 16.7. The lowest BCUT2D eigenvalue weighted by molar-refractivity contribution is 0.111. The molecule has 1 aromatic carbocycles. The van der Waals surface area contributed by atoms with E-state index in [4.69, 9.17) is 4.74 Å². The van der Waals surface area contributed by atoms with Crippen molar-refractivity contribution in [1.29, 1.82) is 0 Å². The molecular weight excluding hydrogens is 306 g/mol. The van der Waals surface area contributed by atoms with E-state index >= 15 is 0 Å². The van der Waals surface area contributed by atoms with Crippen LogP contribution in [0, 0.1) is 5.92 Å². The standard InChI is InChI=1S/C19H29NO2S/c1-19(2,3)23(21)20-18-12-8-7-11-17(18)13-14-22-15-16-9-5-4-6-10-16/h4-6,9-10,17H,7-8,11-15H2,1-3H3/b20-18+/t17-,23+/m0/s1. The predicted octanol–water partition coefficient (Wildman–Crippen LogP) is 4.69. The van der Waals surface area contributed by atoms with Crippen LogP contribution in [0.15, 0.2) is 34.7 Å². The van der Waals surface area contributed by atoms with E-state index in [-0.39, 0.29) is 4.75 Å². The minimum absolute atomic E-state index is 0.279. The third-order valence-electron chi connectivity index (χ3n) is 4.15. The number of ether oxygens (including phenoxy) is 1. The van der Waals surface area contributed by atoms with Gasteiger partial charge < -0.3 is 4.74 Å². The number of hydrogen-bond donors (Lipinski definition) is 0. The zero-order valence-corrected chi connectivity index (χ0v) is 15.4.